The lowest BCUT2D eigenvalue weighted by Gasteiger charge is -2.06. The summed E-state index contributed by atoms with van der Waals surface area (Å²) >= 11 is 3.08. The van der Waals surface area contributed by atoms with E-state index in [4.69, 9.17) is 0 Å². The first-order chi connectivity index (χ1) is 6.61. The molecule has 0 bridgehead atoms. The van der Waals surface area contributed by atoms with Gasteiger partial charge in [-0.2, -0.15) is 0 Å². The summed E-state index contributed by atoms with van der Waals surface area (Å²) in [5.74, 6) is -0.281. The number of hydrogen-bond acceptors (Lipinski definition) is 2. The first kappa shape index (κ1) is 10.1. The molecule has 0 aliphatic heterocycles. The summed E-state index contributed by atoms with van der Waals surface area (Å²) in [7, 11) is 0. The molecule has 0 saturated carbocycles. The zero-order valence-corrected chi connectivity index (χ0v) is 9.77. The van der Waals surface area contributed by atoms with Crippen molar-refractivity contribution in [1.82, 2.24) is 0 Å². The zero-order chi connectivity index (χ0) is 10.3. The van der Waals surface area contributed by atoms with Crippen LogP contribution in [0.1, 0.15) is 12.0 Å². The van der Waals surface area contributed by atoms with Gasteiger partial charge in [-0.3, -0.25) is 0 Å². The van der Waals surface area contributed by atoms with Gasteiger partial charge in [-0.25, -0.2) is 8.78 Å². The van der Waals surface area contributed by atoms with E-state index >= 15 is 0 Å². The molecule has 1 N–H and O–H groups in total. The molecule has 0 fully saturated rings. The molecule has 1 nitrogen and oxygen atoms in total. The third-order valence-electron chi connectivity index (χ3n) is 1.92. The quantitative estimate of drug-likeness (QED) is 0.781. The second-order valence-electron chi connectivity index (χ2n) is 2.76. The van der Waals surface area contributed by atoms with E-state index in [1.165, 1.54) is 11.3 Å². The highest BCUT2D eigenvalue weighted by Crippen LogP contribution is 2.40. The lowest BCUT2D eigenvalue weighted by Crippen LogP contribution is -1.90. The predicted molar refractivity (Wildman–Crippen MR) is 61.2 cm³/mol. The molecule has 14 heavy (non-hydrogen) atoms. The van der Waals surface area contributed by atoms with Crippen LogP contribution in [-0.4, -0.2) is 5.11 Å². The fourth-order valence-corrected chi connectivity index (χ4v) is 2.94. The largest absolute Gasteiger partial charge is 0.506 e. The lowest BCUT2D eigenvalue weighted by molar-refractivity contribution is 0.147. The van der Waals surface area contributed by atoms with Crippen molar-refractivity contribution in [2.24, 2.45) is 0 Å². The highest BCUT2D eigenvalue weighted by molar-refractivity contribution is 14.1. The fourth-order valence-electron chi connectivity index (χ4n) is 1.28. The highest BCUT2D eigenvalue weighted by atomic mass is 127. The number of alkyl halides is 2. The monoisotopic (exact) mass is 326 g/mol. The molecule has 0 aliphatic carbocycles. The van der Waals surface area contributed by atoms with Crippen molar-refractivity contribution in [3.05, 3.63) is 26.6 Å². The number of phenols is 1. The molecular formula is C9H5F2IOS. The Kier molecular flexibility index (Phi) is 2.61. The number of hydrogen-bond donors (Lipinski definition) is 1. The van der Waals surface area contributed by atoms with Gasteiger partial charge in [0.2, 0.25) is 0 Å². The van der Waals surface area contributed by atoms with Gasteiger partial charge in [-0.1, -0.05) is 0 Å². The number of aromatic hydroxyl groups is 1. The van der Waals surface area contributed by atoms with Crippen LogP contribution in [0.3, 0.4) is 0 Å². The summed E-state index contributed by atoms with van der Waals surface area (Å²) in [5.41, 5.74) is -0.263. The molecule has 0 aliphatic rings. The second kappa shape index (κ2) is 3.62. The number of thiophene rings is 1. The molecule has 0 saturated heterocycles. The van der Waals surface area contributed by atoms with Crippen molar-refractivity contribution < 1.29 is 13.9 Å². The van der Waals surface area contributed by atoms with Crippen molar-refractivity contribution in [2.45, 2.75) is 6.43 Å². The van der Waals surface area contributed by atoms with Crippen molar-refractivity contribution in [3.8, 4) is 5.75 Å². The Hall–Kier alpha value is -0.430. The van der Waals surface area contributed by atoms with E-state index in [0.29, 0.717) is 8.27 Å². The molecule has 0 spiro atoms. The topological polar surface area (TPSA) is 20.2 Å². The average molecular weight is 326 g/mol. The molecule has 1 heterocycles. The number of benzene rings is 1. The molecule has 0 unspecified atom stereocenters. The number of halogens is 3. The lowest BCUT2D eigenvalue weighted by atomic mass is 10.1. The minimum Gasteiger partial charge on any atom is -0.506 e. The second-order valence-corrected chi connectivity index (χ2v) is 4.84. The number of phenolic OH excluding ortho intramolecular Hbond substituents is 1. The van der Waals surface area contributed by atoms with E-state index in [-0.39, 0.29) is 11.3 Å². The van der Waals surface area contributed by atoms with E-state index in [1.807, 2.05) is 22.6 Å². The molecule has 1 aromatic heterocycles. The van der Waals surface area contributed by atoms with Crippen LogP contribution in [0.2, 0.25) is 0 Å². The molecule has 2 aromatic rings. The van der Waals surface area contributed by atoms with E-state index in [0.717, 1.165) is 5.39 Å². The Morgan fingerprint density at radius 3 is 2.79 bits per heavy atom. The summed E-state index contributed by atoms with van der Waals surface area (Å²) in [5, 5.41) is 12.2. The van der Waals surface area contributed by atoms with Gasteiger partial charge in [0.15, 0.2) is 0 Å². The molecule has 2 rings (SSSR count). The summed E-state index contributed by atoms with van der Waals surface area (Å²) in [6.45, 7) is 0. The zero-order valence-electron chi connectivity index (χ0n) is 6.80. The maximum absolute atomic E-state index is 12.6. The van der Waals surface area contributed by atoms with Gasteiger partial charge in [0, 0.05) is 3.57 Å². The molecule has 74 valence electrons. The Balaban J connectivity index is 2.82. The third-order valence-corrected chi connectivity index (χ3v) is 3.75. The Bertz CT molecular complexity index is 481. The van der Waals surface area contributed by atoms with Gasteiger partial charge >= 0.3 is 0 Å². The van der Waals surface area contributed by atoms with Crippen molar-refractivity contribution in [1.29, 1.82) is 0 Å². The molecule has 0 amide bonds. The van der Waals surface area contributed by atoms with Crippen LogP contribution in [-0.2, 0) is 0 Å². The van der Waals surface area contributed by atoms with Crippen LogP contribution in [0.15, 0.2) is 17.5 Å². The molecule has 5 heteroatoms. The van der Waals surface area contributed by atoms with E-state index in [9.17, 15) is 13.9 Å². The molecule has 0 radical (unpaired) electrons. The van der Waals surface area contributed by atoms with Crippen LogP contribution in [0, 0.1) is 3.57 Å². The van der Waals surface area contributed by atoms with E-state index in [2.05, 4.69) is 0 Å². The number of fused-ring (bicyclic) bond motifs is 1. The van der Waals surface area contributed by atoms with Crippen LogP contribution < -0.4 is 0 Å². The van der Waals surface area contributed by atoms with Crippen LogP contribution in [0.5, 0.6) is 5.75 Å². The van der Waals surface area contributed by atoms with Crippen molar-refractivity contribution in [3.63, 3.8) is 0 Å². The predicted octanol–water partition coefficient (Wildman–Crippen LogP) is 4.15. The Morgan fingerprint density at radius 1 is 1.43 bits per heavy atom. The van der Waals surface area contributed by atoms with Crippen LogP contribution in [0.4, 0.5) is 8.78 Å². The standard InChI is InChI=1S/C9H5F2IOS/c10-9(11)6-5(12)3-4-1-2-14-8(4)7(6)13/h1-3,9,13H. The van der Waals surface area contributed by atoms with Crippen LogP contribution >= 0.6 is 33.9 Å². The van der Waals surface area contributed by atoms with Crippen LogP contribution in [0.25, 0.3) is 10.1 Å². The summed E-state index contributed by atoms with van der Waals surface area (Å²) < 4.78 is 26.1. The van der Waals surface area contributed by atoms with Gasteiger partial charge < -0.3 is 5.11 Å². The number of rotatable bonds is 1. The van der Waals surface area contributed by atoms with E-state index < -0.39 is 6.43 Å². The SMILES string of the molecule is Oc1c(C(F)F)c(I)cc2ccsc12. The van der Waals surface area contributed by atoms with Gasteiger partial charge in [0.25, 0.3) is 6.43 Å². The van der Waals surface area contributed by atoms with Gasteiger partial charge in [-0.15, -0.1) is 11.3 Å². The first-order valence-electron chi connectivity index (χ1n) is 3.78. The van der Waals surface area contributed by atoms with Gasteiger partial charge in [-0.05, 0) is 45.5 Å². The first-order valence-corrected chi connectivity index (χ1v) is 5.74. The molecule has 1 aromatic carbocycles. The fraction of sp³-hybridized carbons (Fsp3) is 0.111. The average Bonchev–Trinajstić information content (AvgIpc) is 2.50. The van der Waals surface area contributed by atoms with E-state index in [1.54, 1.807) is 17.5 Å². The van der Waals surface area contributed by atoms with Gasteiger partial charge in [0.1, 0.15) is 5.75 Å². The minimum absolute atomic E-state index is 0.263. The molecular weight excluding hydrogens is 321 g/mol. The smallest absolute Gasteiger partial charge is 0.268 e. The summed E-state index contributed by atoms with van der Waals surface area (Å²) in [6.07, 6.45) is -2.63. The summed E-state index contributed by atoms with van der Waals surface area (Å²) in [6, 6.07) is 3.46. The normalized spacial score (nSPS) is 11.4. The summed E-state index contributed by atoms with van der Waals surface area (Å²) in [4.78, 5) is 0. The van der Waals surface area contributed by atoms with Crippen molar-refractivity contribution in [2.75, 3.05) is 0 Å². The third kappa shape index (κ3) is 1.48. The maximum Gasteiger partial charge on any atom is 0.268 e. The maximum atomic E-state index is 12.6. The van der Waals surface area contributed by atoms with Crippen molar-refractivity contribution >= 4 is 44.0 Å². The Morgan fingerprint density at radius 2 is 2.14 bits per heavy atom. The highest BCUT2D eigenvalue weighted by Gasteiger charge is 2.19. The van der Waals surface area contributed by atoms with Gasteiger partial charge in [0.05, 0.1) is 10.3 Å². The minimum atomic E-state index is -2.63. The molecule has 0 atom stereocenters. The Labute approximate surface area is 96.5 Å².